The van der Waals surface area contributed by atoms with Crippen molar-refractivity contribution >= 4 is 45.4 Å². The minimum Gasteiger partial charge on any atom is -0.322 e. The third-order valence-electron chi connectivity index (χ3n) is 5.30. The van der Waals surface area contributed by atoms with Crippen molar-refractivity contribution in [3.63, 3.8) is 0 Å². The average molecular weight is 459 g/mol. The molecule has 1 aromatic carbocycles. The van der Waals surface area contributed by atoms with Gasteiger partial charge in [0.05, 0.1) is 5.56 Å². The van der Waals surface area contributed by atoms with Crippen molar-refractivity contribution in [2.24, 2.45) is 11.3 Å². The minimum absolute atomic E-state index is 0.0305. The number of rotatable bonds is 3. The Morgan fingerprint density at radius 2 is 1.73 bits per heavy atom. The quantitative estimate of drug-likeness (QED) is 0.566. The second-order valence-corrected chi connectivity index (χ2v) is 9.97. The molecule has 0 aliphatic heterocycles. The summed E-state index contributed by atoms with van der Waals surface area (Å²) in [6, 6.07) is 6.40. The predicted octanol–water partition coefficient (Wildman–Crippen LogP) is 6.31. The molecule has 1 atom stereocenters. The monoisotopic (exact) mass is 458 g/mol. The largest absolute Gasteiger partial charge is 0.471 e. The van der Waals surface area contributed by atoms with Gasteiger partial charge in [-0.15, -0.1) is 11.3 Å². The Bertz CT molecular complexity index is 962. The van der Waals surface area contributed by atoms with Gasteiger partial charge in [0.25, 0.3) is 5.91 Å². The Kier molecular flexibility index (Phi) is 6.20. The van der Waals surface area contributed by atoms with E-state index < -0.39 is 18.0 Å². The normalized spacial score (nSPS) is 16.7. The summed E-state index contributed by atoms with van der Waals surface area (Å²) in [7, 11) is 0. The summed E-state index contributed by atoms with van der Waals surface area (Å²) < 4.78 is 38.5. The van der Waals surface area contributed by atoms with E-state index in [1.165, 1.54) is 0 Å². The van der Waals surface area contributed by atoms with Crippen LogP contribution in [0.4, 0.5) is 23.9 Å². The van der Waals surface area contributed by atoms with E-state index in [-0.39, 0.29) is 16.0 Å². The maximum atomic E-state index is 13.0. The Morgan fingerprint density at radius 1 is 1.10 bits per heavy atom. The fourth-order valence-electron chi connectivity index (χ4n) is 3.55. The first-order valence-electron chi connectivity index (χ1n) is 9.46. The molecule has 2 N–H and O–H groups in total. The molecule has 2 aromatic rings. The van der Waals surface area contributed by atoms with Gasteiger partial charge in [0, 0.05) is 15.6 Å². The summed E-state index contributed by atoms with van der Waals surface area (Å²) in [4.78, 5) is 25.4. The number of carbonyl (C=O) groups excluding carboxylic acids is 2. The van der Waals surface area contributed by atoms with Gasteiger partial charge in [-0.2, -0.15) is 13.2 Å². The highest BCUT2D eigenvalue weighted by molar-refractivity contribution is 7.17. The Morgan fingerprint density at radius 3 is 2.30 bits per heavy atom. The number of amides is 2. The summed E-state index contributed by atoms with van der Waals surface area (Å²) >= 11 is 6.91. The molecule has 3 rings (SSSR count). The van der Waals surface area contributed by atoms with E-state index >= 15 is 0 Å². The van der Waals surface area contributed by atoms with Crippen molar-refractivity contribution in [1.29, 1.82) is 0 Å². The van der Waals surface area contributed by atoms with Crippen LogP contribution in [0.1, 0.15) is 48.0 Å². The maximum absolute atomic E-state index is 13.0. The van der Waals surface area contributed by atoms with E-state index in [1.807, 2.05) is 5.32 Å². The van der Waals surface area contributed by atoms with Crippen LogP contribution in [0.5, 0.6) is 0 Å². The van der Waals surface area contributed by atoms with Crippen molar-refractivity contribution in [2.45, 2.75) is 46.2 Å². The summed E-state index contributed by atoms with van der Waals surface area (Å²) in [6.07, 6.45) is -2.99. The second kappa shape index (κ2) is 8.23. The fourth-order valence-corrected chi connectivity index (χ4v) is 5.00. The van der Waals surface area contributed by atoms with Crippen LogP contribution in [0, 0.1) is 11.3 Å². The molecule has 0 fully saturated rings. The lowest BCUT2D eigenvalue weighted by atomic mass is 9.72. The first kappa shape index (κ1) is 22.6. The number of hydrogen-bond donors (Lipinski definition) is 2. The van der Waals surface area contributed by atoms with Gasteiger partial charge in [0.1, 0.15) is 5.00 Å². The standard InChI is InChI=1S/C21H22ClF3N2O2S/c1-20(2,3)11-4-9-14-15(10-11)30-18(27-19(29)21(23,24)25)16(14)17(28)26-13-7-5-12(22)6-8-13/h5-8,11H,4,9-10H2,1-3H3,(H,26,28)(H,27,29). The third kappa shape index (κ3) is 4.98. The van der Waals surface area contributed by atoms with Crippen molar-refractivity contribution in [3.05, 3.63) is 45.3 Å². The van der Waals surface area contributed by atoms with Crippen molar-refractivity contribution in [2.75, 3.05) is 10.6 Å². The van der Waals surface area contributed by atoms with Gasteiger partial charge >= 0.3 is 12.1 Å². The zero-order valence-electron chi connectivity index (χ0n) is 16.7. The van der Waals surface area contributed by atoms with E-state index in [0.29, 0.717) is 35.0 Å². The molecule has 2 amide bonds. The molecular weight excluding hydrogens is 437 g/mol. The van der Waals surface area contributed by atoms with Crippen molar-refractivity contribution in [1.82, 2.24) is 0 Å². The van der Waals surface area contributed by atoms with Crippen LogP contribution in [0.2, 0.25) is 5.02 Å². The summed E-state index contributed by atoms with van der Waals surface area (Å²) in [5.74, 6) is -2.31. The lowest BCUT2D eigenvalue weighted by molar-refractivity contribution is -0.167. The fraction of sp³-hybridized carbons (Fsp3) is 0.429. The maximum Gasteiger partial charge on any atom is 0.471 e. The van der Waals surface area contributed by atoms with Crippen LogP contribution in [0.3, 0.4) is 0 Å². The smallest absolute Gasteiger partial charge is 0.322 e. The number of thiophene rings is 1. The molecule has 1 aromatic heterocycles. The number of alkyl halides is 3. The number of halogens is 4. The lowest BCUT2D eigenvalue weighted by Crippen LogP contribution is -2.30. The van der Waals surface area contributed by atoms with Gasteiger partial charge in [0.15, 0.2) is 0 Å². The van der Waals surface area contributed by atoms with Gasteiger partial charge in [-0.1, -0.05) is 32.4 Å². The topological polar surface area (TPSA) is 58.2 Å². The van der Waals surface area contributed by atoms with Crippen LogP contribution >= 0.6 is 22.9 Å². The van der Waals surface area contributed by atoms with Gasteiger partial charge in [-0.3, -0.25) is 9.59 Å². The summed E-state index contributed by atoms with van der Waals surface area (Å²) in [5.41, 5.74) is 1.31. The highest BCUT2D eigenvalue weighted by atomic mass is 35.5. The SMILES string of the molecule is CC(C)(C)C1CCc2c(sc(NC(=O)C(F)(F)F)c2C(=O)Nc2ccc(Cl)cc2)C1. The summed E-state index contributed by atoms with van der Waals surface area (Å²) in [5, 5.41) is 5.03. The molecule has 1 heterocycles. The number of hydrogen-bond acceptors (Lipinski definition) is 3. The number of nitrogens with one attached hydrogen (secondary N) is 2. The molecule has 0 bridgehead atoms. The Balaban J connectivity index is 1.97. The Labute approximate surface area is 181 Å². The number of benzene rings is 1. The molecule has 1 aliphatic rings. The number of carbonyl (C=O) groups is 2. The van der Waals surface area contributed by atoms with Crippen LogP contribution in [-0.4, -0.2) is 18.0 Å². The Hall–Kier alpha value is -2.06. The lowest BCUT2D eigenvalue weighted by Gasteiger charge is -2.33. The third-order valence-corrected chi connectivity index (χ3v) is 6.73. The van der Waals surface area contributed by atoms with Gasteiger partial charge in [-0.05, 0) is 60.4 Å². The first-order chi connectivity index (χ1) is 13.9. The molecule has 4 nitrogen and oxygen atoms in total. The zero-order chi connectivity index (χ0) is 22.3. The van der Waals surface area contributed by atoms with E-state index in [4.69, 9.17) is 11.6 Å². The minimum atomic E-state index is -5.04. The van der Waals surface area contributed by atoms with E-state index in [2.05, 4.69) is 26.1 Å². The van der Waals surface area contributed by atoms with Crippen LogP contribution in [0.15, 0.2) is 24.3 Å². The molecule has 30 heavy (non-hydrogen) atoms. The molecule has 0 radical (unpaired) electrons. The van der Waals surface area contributed by atoms with Crippen molar-refractivity contribution < 1.29 is 22.8 Å². The molecule has 1 unspecified atom stereocenters. The van der Waals surface area contributed by atoms with Crippen LogP contribution in [0.25, 0.3) is 0 Å². The van der Waals surface area contributed by atoms with E-state index in [1.54, 1.807) is 24.3 Å². The van der Waals surface area contributed by atoms with Gasteiger partial charge < -0.3 is 10.6 Å². The molecule has 0 saturated carbocycles. The van der Waals surface area contributed by atoms with Gasteiger partial charge in [0.2, 0.25) is 0 Å². The number of anilines is 2. The highest BCUT2D eigenvalue weighted by Gasteiger charge is 2.41. The molecular formula is C21H22ClF3N2O2S. The zero-order valence-corrected chi connectivity index (χ0v) is 18.3. The molecule has 0 spiro atoms. The molecule has 9 heteroatoms. The van der Waals surface area contributed by atoms with Crippen molar-refractivity contribution in [3.8, 4) is 0 Å². The molecule has 1 aliphatic carbocycles. The highest BCUT2D eigenvalue weighted by Crippen LogP contribution is 2.44. The van der Waals surface area contributed by atoms with Crippen LogP contribution < -0.4 is 10.6 Å². The first-order valence-corrected chi connectivity index (χ1v) is 10.7. The average Bonchev–Trinajstić information content (AvgIpc) is 2.99. The van der Waals surface area contributed by atoms with Gasteiger partial charge in [-0.25, -0.2) is 0 Å². The van der Waals surface area contributed by atoms with E-state index in [9.17, 15) is 22.8 Å². The molecule has 0 saturated heterocycles. The number of fused-ring (bicyclic) bond motifs is 1. The predicted molar refractivity (Wildman–Crippen MR) is 113 cm³/mol. The van der Waals surface area contributed by atoms with E-state index in [0.717, 1.165) is 22.6 Å². The summed E-state index contributed by atoms with van der Waals surface area (Å²) in [6.45, 7) is 6.37. The van der Waals surface area contributed by atoms with Crippen LogP contribution in [-0.2, 0) is 17.6 Å². The second-order valence-electron chi connectivity index (χ2n) is 8.43. The molecule has 162 valence electrons.